The minimum Gasteiger partial charge on any atom is -0.368 e. The summed E-state index contributed by atoms with van der Waals surface area (Å²) >= 11 is 0. The highest BCUT2D eigenvalue weighted by Crippen LogP contribution is 2.30. The third-order valence-electron chi connectivity index (χ3n) is 3.65. The van der Waals surface area contributed by atoms with Crippen molar-refractivity contribution >= 4 is 5.91 Å². The zero-order valence-electron chi connectivity index (χ0n) is 12.8. The summed E-state index contributed by atoms with van der Waals surface area (Å²) in [6.45, 7) is 1.71. The van der Waals surface area contributed by atoms with Crippen LogP contribution in [-0.2, 0) is 17.5 Å². The highest BCUT2D eigenvalue weighted by atomic mass is 19.4. The fourth-order valence-corrected chi connectivity index (χ4v) is 2.32. The number of rotatable bonds is 5. The third kappa shape index (κ3) is 4.32. The number of carbonyl (C=O) groups is 1. The predicted octanol–water partition coefficient (Wildman–Crippen LogP) is 3.47. The average Bonchev–Trinajstić information content (AvgIpc) is 2.49. The van der Waals surface area contributed by atoms with Crippen LogP contribution < -0.4 is 11.1 Å². The average molecular weight is 340 g/mol. The van der Waals surface area contributed by atoms with Crippen LogP contribution in [-0.4, -0.2) is 5.91 Å². The first-order chi connectivity index (χ1) is 11.2. The minimum absolute atomic E-state index is 0.148. The third-order valence-corrected chi connectivity index (χ3v) is 3.65. The molecule has 0 saturated heterocycles. The molecule has 0 heterocycles. The van der Waals surface area contributed by atoms with Gasteiger partial charge >= 0.3 is 6.18 Å². The van der Waals surface area contributed by atoms with Crippen LogP contribution in [0.2, 0.25) is 0 Å². The molecule has 2 aromatic rings. The van der Waals surface area contributed by atoms with Crippen LogP contribution in [0.4, 0.5) is 17.6 Å². The second-order valence-corrected chi connectivity index (χ2v) is 5.41. The summed E-state index contributed by atoms with van der Waals surface area (Å²) in [5.74, 6) is -1.10. The number of alkyl halides is 3. The summed E-state index contributed by atoms with van der Waals surface area (Å²) in [7, 11) is 0. The molecule has 7 heteroatoms. The van der Waals surface area contributed by atoms with Gasteiger partial charge in [-0.1, -0.05) is 18.2 Å². The number of hydrogen-bond acceptors (Lipinski definition) is 2. The van der Waals surface area contributed by atoms with Gasteiger partial charge in [0.25, 0.3) is 0 Å². The summed E-state index contributed by atoms with van der Waals surface area (Å²) in [5, 5.41) is 2.89. The van der Waals surface area contributed by atoms with Crippen LogP contribution in [0.25, 0.3) is 0 Å². The molecular formula is C17H16F4N2O. The summed E-state index contributed by atoms with van der Waals surface area (Å²) < 4.78 is 51.0. The molecule has 1 atom stereocenters. The van der Waals surface area contributed by atoms with Crippen LogP contribution in [0.3, 0.4) is 0 Å². The van der Waals surface area contributed by atoms with Gasteiger partial charge in [0.2, 0.25) is 5.91 Å². The molecule has 24 heavy (non-hydrogen) atoms. The van der Waals surface area contributed by atoms with E-state index in [1.165, 1.54) is 30.3 Å². The molecule has 0 saturated carbocycles. The van der Waals surface area contributed by atoms with Crippen molar-refractivity contribution in [1.29, 1.82) is 0 Å². The number of halogens is 4. The van der Waals surface area contributed by atoms with Gasteiger partial charge in [-0.3, -0.25) is 10.1 Å². The van der Waals surface area contributed by atoms with Crippen LogP contribution in [0.15, 0.2) is 42.5 Å². The quantitative estimate of drug-likeness (QED) is 0.819. The van der Waals surface area contributed by atoms with Crippen molar-refractivity contribution in [3.63, 3.8) is 0 Å². The SMILES string of the molecule is Cc1cc(C(F)(F)F)ccc1CN[C@H](C(N)=O)c1ccc(F)cc1. The molecule has 3 nitrogen and oxygen atoms in total. The Balaban J connectivity index is 2.15. The molecule has 3 N–H and O–H groups in total. The molecule has 0 aliphatic heterocycles. The topological polar surface area (TPSA) is 55.1 Å². The first-order valence-electron chi connectivity index (χ1n) is 7.13. The van der Waals surface area contributed by atoms with E-state index in [0.29, 0.717) is 16.7 Å². The number of carbonyl (C=O) groups excluding carboxylic acids is 1. The lowest BCUT2D eigenvalue weighted by molar-refractivity contribution is -0.137. The van der Waals surface area contributed by atoms with Crippen molar-refractivity contribution in [1.82, 2.24) is 5.32 Å². The molecule has 2 aromatic carbocycles. The fourth-order valence-electron chi connectivity index (χ4n) is 2.32. The standard InChI is InChI=1S/C17H16F4N2O/c1-10-8-13(17(19,20)21)5-2-12(10)9-23-15(16(22)24)11-3-6-14(18)7-4-11/h2-8,15,23H,9H2,1H3,(H2,22,24)/t15-/m0/s1. The molecule has 0 aliphatic carbocycles. The van der Waals surface area contributed by atoms with Crippen LogP contribution in [0, 0.1) is 12.7 Å². The maximum atomic E-state index is 13.0. The first-order valence-corrected chi connectivity index (χ1v) is 7.13. The van der Waals surface area contributed by atoms with E-state index in [2.05, 4.69) is 5.32 Å². The molecule has 0 aliphatic rings. The van der Waals surface area contributed by atoms with E-state index >= 15 is 0 Å². The number of benzene rings is 2. The Morgan fingerprint density at radius 3 is 2.29 bits per heavy atom. The smallest absolute Gasteiger partial charge is 0.368 e. The van der Waals surface area contributed by atoms with Crippen molar-refractivity contribution in [3.8, 4) is 0 Å². The number of nitrogens with one attached hydrogen (secondary N) is 1. The van der Waals surface area contributed by atoms with E-state index in [-0.39, 0.29) is 6.54 Å². The monoisotopic (exact) mass is 340 g/mol. The second-order valence-electron chi connectivity index (χ2n) is 5.41. The second kappa shape index (κ2) is 7.00. The van der Waals surface area contributed by atoms with E-state index in [1.807, 2.05) is 0 Å². The van der Waals surface area contributed by atoms with Crippen LogP contribution in [0.5, 0.6) is 0 Å². The van der Waals surface area contributed by atoms with Crippen LogP contribution >= 0.6 is 0 Å². The molecule has 0 bridgehead atoms. The highest BCUT2D eigenvalue weighted by Gasteiger charge is 2.30. The molecule has 2 rings (SSSR count). The van der Waals surface area contributed by atoms with Gasteiger partial charge in [-0.15, -0.1) is 0 Å². The largest absolute Gasteiger partial charge is 0.416 e. The summed E-state index contributed by atoms with van der Waals surface area (Å²) in [5.41, 5.74) is 6.15. The lowest BCUT2D eigenvalue weighted by Gasteiger charge is -2.17. The summed E-state index contributed by atoms with van der Waals surface area (Å²) in [6.07, 6.45) is -4.40. The Labute approximate surface area is 136 Å². The van der Waals surface area contributed by atoms with Crippen LogP contribution in [0.1, 0.15) is 28.3 Å². The van der Waals surface area contributed by atoms with Gasteiger partial charge in [0.15, 0.2) is 0 Å². The zero-order valence-corrected chi connectivity index (χ0v) is 12.8. The Bertz CT molecular complexity index is 726. The molecule has 0 aromatic heterocycles. The maximum Gasteiger partial charge on any atom is 0.416 e. The fraction of sp³-hybridized carbons (Fsp3) is 0.235. The van der Waals surface area contributed by atoms with E-state index in [4.69, 9.17) is 5.73 Å². The van der Waals surface area contributed by atoms with Gasteiger partial charge in [-0.05, 0) is 47.9 Å². The number of primary amides is 1. The Morgan fingerprint density at radius 2 is 1.79 bits per heavy atom. The predicted molar refractivity (Wildman–Crippen MR) is 81.4 cm³/mol. The lowest BCUT2D eigenvalue weighted by atomic mass is 10.0. The van der Waals surface area contributed by atoms with Gasteiger partial charge in [-0.2, -0.15) is 13.2 Å². The van der Waals surface area contributed by atoms with Crippen molar-refractivity contribution in [2.75, 3.05) is 0 Å². The van der Waals surface area contributed by atoms with Gasteiger partial charge in [0.05, 0.1) is 5.56 Å². The number of aryl methyl sites for hydroxylation is 1. The molecular weight excluding hydrogens is 324 g/mol. The van der Waals surface area contributed by atoms with E-state index in [0.717, 1.165) is 12.1 Å². The van der Waals surface area contributed by atoms with Crippen molar-refractivity contribution < 1.29 is 22.4 Å². The van der Waals surface area contributed by atoms with Crippen molar-refractivity contribution in [2.45, 2.75) is 25.7 Å². The molecule has 0 spiro atoms. The Kier molecular flexibility index (Phi) is 5.23. The molecule has 1 amide bonds. The van der Waals surface area contributed by atoms with Crippen molar-refractivity contribution in [3.05, 3.63) is 70.5 Å². The maximum absolute atomic E-state index is 13.0. The number of hydrogen-bond donors (Lipinski definition) is 2. The van der Waals surface area contributed by atoms with Crippen molar-refractivity contribution in [2.24, 2.45) is 5.73 Å². The van der Waals surface area contributed by atoms with Gasteiger partial charge in [-0.25, -0.2) is 4.39 Å². The van der Waals surface area contributed by atoms with Gasteiger partial charge in [0, 0.05) is 6.54 Å². The van der Waals surface area contributed by atoms with Gasteiger partial charge < -0.3 is 5.73 Å². The molecule has 0 fully saturated rings. The lowest BCUT2D eigenvalue weighted by Crippen LogP contribution is -2.33. The number of nitrogens with two attached hydrogens (primary N) is 1. The minimum atomic E-state index is -4.40. The van der Waals surface area contributed by atoms with Gasteiger partial charge in [0.1, 0.15) is 11.9 Å². The zero-order chi connectivity index (χ0) is 17.9. The molecule has 0 unspecified atom stereocenters. The van der Waals surface area contributed by atoms with E-state index in [1.54, 1.807) is 6.92 Å². The van der Waals surface area contributed by atoms with E-state index in [9.17, 15) is 22.4 Å². The normalized spacial score (nSPS) is 12.9. The molecule has 0 radical (unpaired) electrons. The van der Waals surface area contributed by atoms with E-state index < -0.39 is 29.5 Å². The Hall–Kier alpha value is -2.41. The summed E-state index contributed by atoms with van der Waals surface area (Å²) in [4.78, 5) is 11.6. The summed E-state index contributed by atoms with van der Waals surface area (Å²) in [6, 6.07) is 7.79. The number of amides is 1. The molecule has 128 valence electrons. The Morgan fingerprint density at radius 1 is 1.17 bits per heavy atom. The first kappa shape index (κ1) is 17.9. The highest BCUT2D eigenvalue weighted by molar-refractivity contribution is 5.81.